The molecule has 1 nitrogen and oxygen atoms in total. The number of hydrogen-bond donors (Lipinski definition) is 0. The average molecular weight is 214 g/mol. The smallest absolute Gasteiger partial charge is 0.120 e. The maximum atomic E-state index is 7.54. The van der Waals surface area contributed by atoms with Crippen molar-refractivity contribution in [2.24, 2.45) is 0 Å². The molecule has 1 aromatic heterocycles. The molecule has 0 bridgehead atoms. The van der Waals surface area contributed by atoms with Gasteiger partial charge in [0.25, 0.3) is 0 Å². The summed E-state index contributed by atoms with van der Waals surface area (Å²) in [6, 6.07) is 0. The molecular weight excluding hydrogens is 198 g/mol. The van der Waals surface area contributed by atoms with Crippen molar-refractivity contribution in [3.8, 4) is 0 Å². The molecule has 0 aliphatic heterocycles. The zero-order chi connectivity index (χ0) is 13.6. The van der Waals surface area contributed by atoms with Crippen LogP contribution >= 0.6 is 27.3 Å². The molecule has 1 rings (SSSR count). The van der Waals surface area contributed by atoms with E-state index in [0.717, 1.165) is 0 Å². The molecule has 0 aliphatic carbocycles. The van der Waals surface area contributed by atoms with Gasteiger partial charge in [-0.25, -0.2) is 4.98 Å². The van der Waals surface area contributed by atoms with Crippen molar-refractivity contribution in [2.45, 2.75) is 20.1 Å². The molecule has 9 heavy (non-hydrogen) atoms. The summed E-state index contributed by atoms with van der Waals surface area (Å²) in [5, 5.41) is -0.285. The Bertz CT molecular complexity index is 419. The van der Waals surface area contributed by atoms with Gasteiger partial charge < -0.3 is 0 Å². The van der Waals surface area contributed by atoms with Crippen LogP contribution in [0.5, 0.6) is 0 Å². The summed E-state index contributed by atoms with van der Waals surface area (Å²) in [5.41, 5.74) is 0. The highest BCUT2D eigenvalue weighted by Crippen LogP contribution is 2.22. The first-order chi connectivity index (χ1) is 7.37. The van der Waals surface area contributed by atoms with Gasteiger partial charge in [-0.05, 0) is 29.2 Å². The molecule has 0 atom stereocenters. The summed E-state index contributed by atoms with van der Waals surface area (Å²) in [6.07, 6.45) is -2.63. The van der Waals surface area contributed by atoms with Crippen LogP contribution in [0, 0.1) is 6.85 Å². The van der Waals surface area contributed by atoms with E-state index in [-0.39, 0.29) is 14.5 Å². The molecule has 0 N–H and O–H groups in total. The lowest BCUT2D eigenvalue weighted by Crippen LogP contribution is -1.71. The van der Waals surface area contributed by atoms with Crippen LogP contribution in [0.4, 0.5) is 0 Å². The fourth-order valence-corrected chi connectivity index (χ4v) is 1.53. The highest BCUT2D eigenvalue weighted by Gasteiger charge is 2.01. The van der Waals surface area contributed by atoms with Crippen molar-refractivity contribution < 1.29 is 11.0 Å². The molecule has 0 spiro atoms. The lowest BCUT2D eigenvalue weighted by atomic mass is 10.4. The van der Waals surface area contributed by atoms with Crippen LogP contribution < -0.4 is 0 Å². The van der Waals surface area contributed by atoms with Gasteiger partial charge in [0, 0.05) is 15.8 Å². The zero-order valence-electron chi connectivity index (χ0n) is 12.2. The Morgan fingerprint density at radius 3 is 3.44 bits per heavy atom. The number of hydrogen-bond acceptors (Lipinski definition) is 2. The lowest BCUT2D eigenvalue weighted by Gasteiger charge is -1.83. The SMILES string of the molecule is [2H]C([2H])([2H])c1nc(Br)c(C([2H])([2H])C([2H])([2H])[2H])s1. The topological polar surface area (TPSA) is 12.9 Å². The first kappa shape index (κ1) is 2.05. The Balaban J connectivity index is 3.30. The average Bonchev–Trinajstić information content (AvgIpc) is 2.44. The third-order valence-corrected chi connectivity index (χ3v) is 2.32. The van der Waals surface area contributed by atoms with Gasteiger partial charge in [-0.15, -0.1) is 11.3 Å². The van der Waals surface area contributed by atoms with Gasteiger partial charge in [-0.1, -0.05) is 6.85 Å². The molecule has 0 fully saturated rings. The van der Waals surface area contributed by atoms with Gasteiger partial charge in [-0.3, -0.25) is 0 Å². The Morgan fingerprint density at radius 2 is 2.89 bits per heavy atom. The summed E-state index contributed by atoms with van der Waals surface area (Å²) in [7, 11) is 0. The molecule has 0 saturated heterocycles. The second kappa shape index (κ2) is 2.80. The second-order valence-electron chi connectivity index (χ2n) is 1.26. The van der Waals surface area contributed by atoms with Gasteiger partial charge in [-0.2, -0.15) is 0 Å². The fourth-order valence-electron chi connectivity index (χ4n) is 0.379. The van der Waals surface area contributed by atoms with Crippen LogP contribution in [0.3, 0.4) is 0 Å². The Labute approximate surface area is 78.5 Å². The van der Waals surface area contributed by atoms with Crippen LogP contribution in [0.1, 0.15) is 27.7 Å². The van der Waals surface area contributed by atoms with Gasteiger partial charge >= 0.3 is 0 Å². The maximum absolute atomic E-state index is 7.54. The van der Waals surface area contributed by atoms with Crippen LogP contribution in [0.2, 0.25) is 0 Å². The normalized spacial score (nSPS) is 27.7. The van der Waals surface area contributed by atoms with Gasteiger partial charge in [0.2, 0.25) is 0 Å². The molecule has 0 saturated carbocycles. The summed E-state index contributed by atoms with van der Waals surface area (Å²) in [6.45, 7) is -5.36. The third-order valence-electron chi connectivity index (χ3n) is 0.699. The predicted octanol–water partition coefficient (Wildman–Crippen LogP) is 2.78. The van der Waals surface area contributed by atoms with E-state index < -0.39 is 20.1 Å². The number of thiazole rings is 1. The minimum atomic E-state index is -2.88. The molecule has 1 aromatic rings. The van der Waals surface area contributed by atoms with Crippen molar-refractivity contribution in [1.29, 1.82) is 0 Å². The Hall–Kier alpha value is 0.110. The van der Waals surface area contributed by atoms with Crippen LogP contribution in [-0.2, 0) is 6.37 Å². The van der Waals surface area contributed by atoms with E-state index in [1.54, 1.807) is 0 Å². The largest absolute Gasteiger partial charge is 0.234 e. The predicted molar refractivity (Wildman–Crippen MR) is 43.9 cm³/mol. The van der Waals surface area contributed by atoms with Crippen LogP contribution in [0.25, 0.3) is 0 Å². The standard InChI is InChI=1S/C6H8BrNS/c1-3-5-6(7)8-4(2)9-5/h3H2,1-2H3/i1D3,2D3,3D2. The number of nitrogens with zero attached hydrogens (tertiary/aromatic N) is 1. The van der Waals surface area contributed by atoms with E-state index in [2.05, 4.69) is 20.9 Å². The Kier molecular flexibility index (Phi) is 0.636. The molecule has 0 radical (unpaired) electrons. The zero-order valence-corrected chi connectivity index (χ0v) is 6.64. The molecule has 3 heteroatoms. The molecule has 0 amide bonds. The number of halogens is 1. The van der Waals surface area contributed by atoms with E-state index in [9.17, 15) is 0 Å². The first-order valence-electron chi connectivity index (χ1n) is 6.04. The highest BCUT2D eigenvalue weighted by atomic mass is 79.9. The van der Waals surface area contributed by atoms with Crippen molar-refractivity contribution in [2.75, 3.05) is 0 Å². The molecule has 0 aromatic carbocycles. The lowest BCUT2D eigenvalue weighted by molar-refractivity contribution is 1.14. The highest BCUT2D eigenvalue weighted by molar-refractivity contribution is 9.10. The minimum Gasteiger partial charge on any atom is -0.234 e. The molecule has 1 heterocycles. The van der Waals surface area contributed by atoms with Crippen LogP contribution in [-0.4, -0.2) is 4.98 Å². The minimum absolute atomic E-state index is 0.0743. The van der Waals surface area contributed by atoms with Crippen molar-refractivity contribution in [1.82, 2.24) is 4.98 Å². The molecular formula is C6H8BrNS. The van der Waals surface area contributed by atoms with Gasteiger partial charge in [0.1, 0.15) is 4.60 Å². The first-order valence-corrected chi connectivity index (χ1v) is 3.65. The second-order valence-corrected chi connectivity index (χ2v) is 3.01. The summed E-state index contributed by atoms with van der Waals surface area (Å²) < 4.78 is 57.8. The van der Waals surface area contributed by atoms with E-state index in [4.69, 9.17) is 11.0 Å². The van der Waals surface area contributed by atoms with Crippen molar-refractivity contribution in [3.63, 3.8) is 0 Å². The fraction of sp³-hybridized carbons (Fsp3) is 0.500. The van der Waals surface area contributed by atoms with E-state index in [0.29, 0.717) is 11.3 Å². The van der Waals surface area contributed by atoms with Crippen LogP contribution in [0.15, 0.2) is 4.60 Å². The van der Waals surface area contributed by atoms with Crippen molar-refractivity contribution >= 4 is 27.3 Å². The number of aryl methyl sites for hydroxylation is 2. The molecule has 0 unspecified atom stereocenters. The van der Waals surface area contributed by atoms with E-state index in [1.807, 2.05) is 0 Å². The third kappa shape index (κ3) is 1.52. The van der Waals surface area contributed by atoms with Gasteiger partial charge in [0.15, 0.2) is 0 Å². The Morgan fingerprint density at radius 1 is 2.00 bits per heavy atom. The quantitative estimate of drug-likeness (QED) is 0.700. The maximum Gasteiger partial charge on any atom is 0.120 e. The summed E-state index contributed by atoms with van der Waals surface area (Å²) in [4.78, 5) is 3.41. The van der Waals surface area contributed by atoms with Crippen molar-refractivity contribution in [3.05, 3.63) is 14.5 Å². The molecule has 50 valence electrons. The van der Waals surface area contributed by atoms with E-state index in [1.165, 1.54) is 0 Å². The number of rotatable bonds is 1. The molecule has 0 aliphatic rings. The van der Waals surface area contributed by atoms with Gasteiger partial charge in [0.05, 0.1) is 5.01 Å². The monoisotopic (exact) mass is 213 g/mol. The summed E-state index contributed by atoms with van der Waals surface area (Å²) >= 11 is 3.44. The number of aromatic nitrogens is 1. The summed E-state index contributed by atoms with van der Waals surface area (Å²) in [5.74, 6) is 0. The van der Waals surface area contributed by atoms with E-state index >= 15 is 0 Å².